The summed E-state index contributed by atoms with van der Waals surface area (Å²) in [4.78, 5) is 3.96. The monoisotopic (exact) mass is 503 g/mol. The van der Waals surface area contributed by atoms with E-state index in [4.69, 9.17) is 22.9 Å². The molecule has 0 fully saturated rings. The maximum absolute atomic E-state index is 5.24. The van der Waals surface area contributed by atoms with Gasteiger partial charge in [-0.1, -0.05) is 113 Å². The van der Waals surface area contributed by atoms with Gasteiger partial charge in [0.1, 0.15) is 8.64 Å². The maximum atomic E-state index is 5.24. The Kier molecular flexibility index (Phi) is 31.3. The fourth-order valence-electron chi connectivity index (χ4n) is 2.09. The van der Waals surface area contributed by atoms with Gasteiger partial charge in [-0.25, -0.2) is 0 Å². The van der Waals surface area contributed by atoms with E-state index >= 15 is 0 Å². The number of hydrogen-bond acceptors (Lipinski definition) is 5. The van der Waals surface area contributed by atoms with Crippen molar-refractivity contribution in [2.45, 2.75) is 71.1 Å². The van der Waals surface area contributed by atoms with Crippen molar-refractivity contribution in [1.29, 1.82) is 0 Å². The van der Waals surface area contributed by atoms with E-state index in [1.807, 2.05) is 0 Å². The molecule has 8 N–H and O–H groups in total. The van der Waals surface area contributed by atoms with Crippen LogP contribution in [0.3, 0.4) is 0 Å². The topological polar surface area (TPSA) is 116 Å². The second-order valence-electron chi connectivity index (χ2n) is 5.82. The summed E-state index contributed by atoms with van der Waals surface area (Å²) in [5.41, 5.74) is 20.9. The molecule has 156 valence electrons. The van der Waals surface area contributed by atoms with Crippen molar-refractivity contribution in [3.8, 4) is 0 Å². The van der Waals surface area contributed by atoms with Crippen molar-refractivity contribution in [3.63, 3.8) is 0 Å². The maximum Gasteiger partial charge on any atom is 0.185 e. The third-order valence-electron chi connectivity index (χ3n) is 3.38. The van der Waals surface area contributed by atoms with Crippen LogP contribution >= 0.6 is 48.0 Å². The number of nitrogens with two attached hydrogens (primary N) is 4. The Morgan fingerprint density at radius 3 is 1.41 bits per heavy atom. The Balaban J connectivity index is -0.000000454. The zero-order valence-electron chi connectivity index (χ0n) is 16.8. The number of thiocarbonyl (C=S) groups is 2. The number of thioether (sulfide) groups is 2. The van der Waals surface area contributed by atoms with Crippen molar-refractivity contribution in [2.75, 3.05) is 18.1 Å². The van der Waals surface area contributed by atoms with Crippen LogP contribution in [0.4, 0.5) is 0 Å². The molecule has 5 nitrogen and oxygen atoms in total. The minimum Gasteiger partial charge on any atom is -0.385 e. The molecule has 0 aliphatic heterocycles. The van der Waals surface area contributed by atoms with Gasteiger partial charge in [0.15, 0.2) is 5.96 Å². The predicted molar refractivity (Wildman–Crippen MR) is 131 cm³/mol. The molecular weight excluding hydrogens is 468 g/mol. The van der Waals surface area contributed by atoms with Gasteiger partial charge in [0.25, 0.3) is 0 Å². The summed E-state index contributed by atoms with van der Waals surface area (Å²) in [6, 6.07) is 0. The molecule has 0 bridgehead atoms. The molecule has 10 heteroatoms. The molecule has 0 atom stereocenters. The summed E-state index contributed by atoms with van der Waals surface area (Å²) in [5, 5.41) is 0. The number of guanidine groups is 1. The molecule has 0 spiro atoms. The van der Waals surface area contributed by atoms with Crippen LogP contribution in [0, 0.1) is 0 Å². The van der Waals surface area contributed by atoms with Gasteiger partial charge in [-0.2, -0.15) is 0 Å². The van der Waals surface area contributed by atoms with Gasteiger partial charge in [0.2, 0.25) is 0 Å². The van der Waals surface area contributed by atoms with E-state index in [-0.39, 0.29) is 25.4 Å². The van der Waals surface area contributed by atoms with Crippen molar-refractivity contribution >= 4 is 62.6 Å². The molecule has 0 aromatic rings. The molecule has 0 radical (unpaired) electrons. The zero-order chi connectivity index (χ0) is 20.0. The first kappa shape index (κ1) is 32.1. The fraction of sp³-hybridized carbons (Fsp3) is 0.824. The van der Waals surface area contributed by atoms with E-state index in [1.165, 1.54) is 81.3 Å². The van der Waals surface area contributed by atoms with Crippen LogP contribution in [-0.2, 0) is 19.5 Å². The van der Waals surface area contributed by atoms with E-state index in [0.29, 0.717) is 8.64 Å². The first-order chi connectivity index (χ1) is 12.4. The molecule has 0 heterocycles. The summed E-state index contributed by atoms with van der Waals surface area (Å²) in [7, 11) is 0. The summed E-state index contributed by atoms with van der Waals surface area (Å²) in [5.74, 6) is 1.96. The minimum atomic E-state index is 0. The predicted octanol–water partition coefficient (Wildman–Crippen LogP) is 4.12. The van der Waals surface area contributed by atoms with E-state index in [0.717, 1.165) is 24.5 Å². The fourth-order valence-corrected chi connectivity index (χ4v) is 3.66. The molecule has 0 amide bonds. The second kappa shape index (κ2) is 26.4. The summed E-state index contributed by atoms with van der Waals surface area (Å²) in [6.07, 6.45) is 13.5. The van der Waals surface area contributed by atoms with E-state index in [9.17, 15) is 0 Å². The summed E-state index contributed by atoms with van der Waals surface area (Å²) >= 11 is 12.2. The van der Waals surface area contributed by atoms with Crippen molar-refractivity contribution in [2.24, 2.45) is 27.9 Å². The van der Waals surface area contributed by atoms with E-state index < -0.39 is 0 Å². The Hall–Kier alpha value is 0.373. The van der Waals surface area contributed by atoms with Crippen LogP contribution < -0.4 is 22.9 Å². The van der Waals surface area contributed by atoms with E-state index in [1.54, 1.807) is 0 Å². The van der Waals surface area contributed by atoms with Crippen LogP contribution in [0.5, 0.6) is 0 Å². The normalized spacial score (nSPS) is 9.52. The SMILES string of the molecule is CCCCCCCCCCCCN=C(N)N.NC(=S)SCCSC(N)=S.[Zn]. The molecule has 0 aliphatic carbocycles. The number of hydrogen-bond donors (Lipinski definition) is 4. The van der Waals surface area contributed by atoms with E-state index in [2.05, 4.69) is 36.4 Å². The first-order valence-corrected chi connectivity index (χ1v) is 12.1. The van der Waals surface area contributed by atoms with Gasteiger partial charge in [0.05, 0.1) is 0 Å². The molecular formula is C17H37N5S4Zn. The van der Waals surface area contributed by atoms with Crippen LogP contribution in [0.1, 0.15) is 71.1 Å². The van der Waals surface area contributed by atoms with Crippen LogP contribution in [0.25, 0.3) is 0 Å². The van der Waals surface area contributed by atoms with Crippen molar-refractivity contribution in [1.82, 2.24) is 0 Å². The Morgan fingerprint density at radius 1 is 0.704 bits per heavy atom. The number of aliphatic imine (C=N–C) groups is 1. The number of rotatable bonds is 14. The molecule has 0 aliphatic rings. The summed E-state index contributed by atoms with van der Waals surface area (Å²) < 4.78 is 0.951. The standard InChI is InChI=1S/C13H29N3.C4H8N2S4.Zn/c1-2-3-4-5-6-7-8-9-10-11-12-16-13(14)15;5-3(7)9-1-2-10-4(6)8;/h2-12H2,1H3,(H4,14,15,16);1-2H2,(H2,5,7)(H2,6,8);. The number of nitrogens with zero attached hydrogens (tertiary/aromatic N) is 1. The smallest absolute Gasteiger partial charge is 0.185 e. The van der Waals surface area contributed by atoms with Gasteiger partial charge >= 0.3 is 0 Å². The summed E-state index contributed by atoms with van der Waals surface area (Å²) in [6.45, 7) is 3.05. The second-order valence-corrected chi connectivity index (χ2v) is 9.49. The van der Waals surface area contributed by atoms with Crippen LogP contribution in [-0.4, -0.2) is 32.7 Å². The van der Waals surface area contributed by atoms with Crippen LogP contribution in [0.2, 0.25) is 0 Å². The largest absolute Gasteiger partial charge is 0.385 e. The van der Waals surface area contributed by atoms with Crippen LogP contribution in [0.15, 0.2) is 4.99 Å². The van der Waals surface area contributed by atoms with Gasteiger partial charge in [-0.15, -0.1) is 0 Å². The Labute approximate surface area is 198 Å². The van der Waals surface area contributed by atoms with Gasteiger partial charge in [-0.05, 0) is 6.42 Å². The Morgan fingerprint density at radius 2 is 1.07 bits per heavy atom. The third-order valence-corrected chi connectivity index (χ3v) is 5.73. The zero-order valence-corrected chi connectivity index (χ0v) is 23.0. The molecule has 0 saturated heterocycles. The molecule has 0 saturated carbocycles. The third kappa shape index (κ3) is 37.7. The molecule has 0 unspecified atom stereocenters. The molecule has 0 aromatic heterocycles. The van der Waals surface area contributed by atoms with Gasteiger partial charge in [0, 0.05) is 37.5 Å². The minimum absolute atomic E-state index is 0. The van der Waals surface area contributed by atoms with Crippen molar-refractivity contribution < 1.29 is 19.5 Å². The van der Waals surface area contributed by atoms with Gasteiger partial charge < -0.3 is 22.9 Å². The first-order valence-electron chi connectivity index (χ1n) is 9.30. The quantitative estimate of drug-likeness (QED) is 0.0917. The van der Waals surface area contributed by atoms with Crippen molar-refractivity contribution in [3.05, 3.63) is 0 Å². The number of unbranched alkanes of at least 4 members (excludes halogenated alkanes) is 9. The Bertz CT molecular complexity index is 364. The molecule has 0 rings (SSSR count). The average Bonchev–Trinajstić information content (AvgIpc) is 2.56. The van der Waals surface area contributed by atoms with Gasteiger partial charge in [-0.3, -0.25) is 4.99 Å². The average molecular weight is 505 g/mol. The molecule has 0 aromatic carbocycles. The molecule has 27 heavy (non-hydrogen) atoms.